The zero-order valence-electron chi connectivity index (χ0n) is 8.43. The minimum Gasteiger partial charge on any atom is -0.241 e. The number of fused-ring (bicyclic) bond motifs is 1. The van der Waals surface area contributed by atoms with Crippen LogP contribution in [0.5, 0.6) is 0 Å². The number of aromatic nitrogens is 4. The minimum atomic E-state index is 0.949. The molecule has 0 N–H and O–H groups in total. The van der Waals surface area contributed by atoms with Crippen molar-refractivity contribution in [3.8, 4) is 5.82 Å². The molecule has 2 heterocycles. The van der Waals surface area contributed by atoms with Gasteiger partial charge < -0.3 is 0 Å². The smallest absolute Gasteiger partial charge is 0.160 e. The molecule has 2 aromatic rings. The van der Waals surface area contributed by atoms with Crippen molar-refractivity contribution in [3.05, 3.63) is 36.0 Å². The van der Waals surface area contributed by atoms with Crippen LogP contribution in [0.2, 0.25) is 0 Å². The van der Waals surface area contributed by atoms with Crippen LogP contribution in [0.1, 0.15) is 24.1 Å². The molecule has 4 heteroatoms. The van der Waals surface area contributed by atoms with E-state index in [2.05, 4.69) is 15.1 Å². The summed E-state index contributed by atoms with van der Waals surface area (Å²) in [6.07, 6.45) is 9.96. The van der Waals surface area contributed by atoms with Crippen molar-refractivity contribution < 1.29 is 0 Å². The van der Waals surface area contributed by atoms with E-state index in [0.717, 1.165) is 18.7 Å². The molecule has 1 aliphatic carbocycles. The van der Waals surface area contributed by atoms with Crippen molar-refractivity contribution in [1.29, 1.82) is 0 Å². The normalized spacial score (nSPS) is 14.9. The molecular weight excluding hydrogens is 188 g/mol. The van der Waals surface area contributed by atoms with E-state index in [1.165, 1.54) is 24.1 Å². The Hall–Kier alpha value is -1.71. The van der Waals surface area contributed by atoms with Crippen LogP contribution in [-0.4, -0.2) is 19.7 Å². The maximum absolute atomic E-state index is 4.34. The first-order chi connectivity index (χ1) is 7.45. The monoisotopic (exact) mass is 200 g/mol. The molecule has 0 atom stereocenters. The Morgan fingerprint density at radius 3 is 2.93 bits per heavy atom. The lowest BCUT2D eigenvalue weighted by Gasteiger charge is -2.16. The van der Waals surface area contributed by atoms with Gasteiger partial charge in [-0.05, 0) is 31.7 Å². The number of rotatable bonds is 1. The lowest BCUT2D eigenvalue weighted by molar-refractivity contribution is 0.649. The van der Waals surface area contributed by atoms with Crippen molar-refractivity contribution in [2.24, 2.45) is 0 Å². The van der Waals surface area contributed by atoms with Crippen molar-refractivity contribution >= 4 is 0 Å². The molecule has 0 amide bonds. The molecule has 0 bridgehead atoms. The van der Waals surface area contributed by atoms with Gasteiger partial charge in [0.25, 0.3) is 0 Å². The van der Waals surface area contributed by atoms with Gasteiger partial charge >= 0.3 is 0 Å². The third-order valence-electron chi connectivity index (χ3n) is 2.82. The van der Waals surface area contributed by atoms with E-state index >= 15 is 0 Å². The van der Waals surface area contributed by atoms with Crippen LogP contribution >= 0.6 is 0 Å². The largest absolute Gasteiger partial charge is 0.241 e. The molecule has 0 aromatic carbocycles. The van der Waals surface area contributed by atoms with E-state index in [0.29, 0.717) is 0 Å². The molecule has 0 radical (unpaired) electrons. The molecule has 0 aliphatic heterocycles. The Labute approximate surface area is 88.0 Å². The topological polar surface area (TPSA) is 43.6 Å². The second kappa shape index (κ2) is 3.46. The van der Waals surface area contributed by atoms with E-state index in [-0.39, 0.29) is 0 Å². The number of hydrogen-bond acceptors (Lipinski definition) is 3. The highest BCUT2D eigenvalue weighted by Crippen LogP contribution is 2.22. The fourth-order valence-electron chi connectivity index (χ4n) is 2.10. The molecule has 0 saturated heterocycles. The van der Waals surface area contributed by atoms with Gasteiger partial charge in [-0.2, -0.15) is 5.10 Å². The van der Waals surface area contributed by atoms with Gasteiger partial charge in [-0.15, -0.1) is 0 Å². The van der Waals surface area contributed by atoms with E-state index in [9.17, 15) is 0 Å². The highest BCUT2D eigenvalue weighted by Gasteiger charge is 2.16. The van der Waals surface area contributed by atoms with E-state index < -0.39 is 0 Å². The number of nitrogens with zero attached hydrogens (tertiary/aromatic N) is 4. The van der Waals surface area contributed by atoms with Gasteiger partial charge in [-0.3, -0.25) is 0 Å². The average molecular weight is 200 g/mol. The minimum absolute atomic E-state index is 0.949. The highest BCUT2D eigenvalue weighted by molar-refractivity contribution is 5.37. The maximum atomic E-state index is 4.34. The second-order valence-corrected chi connectivity index (χ2v) is 3.78. The molecular formula is C11H12N4. The molecule has 0 unspecified atom stereocenters. The van der Waals surface area contributed by atoms with Crippen molar-refractivity contribution in [2.45, 2.75) is 25.7 Å². The van der Waals surface area contributed by atoms with Crippen molar-refractivity contribution in [2.75, 3.05) is 0 Å². The lowest BCUT2D eigenvalue weighted by atomic mass is 9.96. The number of aryl methyl sites for hydroxylation is 1. The van der Waals surface area contributed by atoms with Gasteiger partial charge in [-0.1, -0.05) is 0 Å². The molecule has 0 spiro atoms. The maximum Gasteiger partial charge on any atom is 0.160 e. The standard InChI is InChI=1S/C11H12N4/c1-2-5-10-9(4-1)11(13-8-12-10)15-7-3-6-14-15/h3,6-8H,1-2,4-5H2. The summed E-state index contributed by atoms with van der Waals surface area (Å²) < 4.78 is 1.83. The van der Waals surface area contributed by atoms with E-state index in [1.54, 1.807) is 12.5 Å². The summed E-state index contributed by atoms with van der Waals surface area (Å²) in [7, 11) is 0. The third kappa shape index (κ3) is 1.42. The zero-order valence-corrected chi connectivity index (χ0v) is 8.43. The zero-order chi connectivity index (χ0) is 10.1. The predicted molar refractivity (Wildman–Crippen MR) is 55.8 cm³/mol. The van der Waals surface area contributed by atoms with Gasteiger partial charge in [0, 0.05) is 23.7 Å². The van der Waals surface area contributed by atoms with Crippen molar-refractivity contribution in [1.82, 2.24) is 19.7 Å². The molecule has 1 aliphatic rings. The first-order valence-corrected chi connectivity index (χ1v) is 5.28. The fraction of sp³-hybridized carbons (Fsp3) is 0.364. The molecule has 3 rings (SSSR count). The van der Waals surface area contributed by atoms with Crippen LogP contribution in [0, 0.1) is 0 Å². The third-order valence-corrected chi connectivity index (χ3v) is 2.82. The van der Waals surface area contributed by atoms with Gasteiger partial charge in [0.1, 0.15) is 6.33 Å². The van der Waals surface area contributed by atoms with Crippen LogP contribution in [0.15, 0.2) is 24.8 Å². The predicted octanol–water partition coefficient (Wildman–Crippen LogP) is 1.54. The summed E-state index contributed by atoms with van der Waals surface area (Å²) in [6.45, 7) is 0. The van der Waals surface area contributed by atoms with Crippen LogP contribution in [-0.2, 0) is 12.8 Å². The van der Waals surface area contributed by atoms with Crippen LogP contribution < -0.4 is 0 Å². The molecule has 15 heavy (non-hydrogen) atoms. The molecule has 0 saturated carbocycles. The lowest BCUT2D eigenvalue weighted by Crippen LogP contribution is -2.12. The summed E-state index contributed by atoms with van der Waals surface area (Å²) >= 11 is 0. The number of hydrogen-bond donors (Lipinski definition) is 0. The SMILES string of the molecule is c1cnn(-c2ncnc3c2CCCC3)c1. The Balaban J connectivity index is 2.15. The second-order valence-electron chi connectivity index (χ2n) is 3.78. The van der Waals surface area contributed by atoms with Gasteiger partial charge in [0.15, 0.2) is 5.82 Å². The Morgan fingerprint density at radius 2 is 2.07 bits per heavy atom. The molecule has 4 nitrogen and oxygen atoms in total. The summed E-state index contributed by atoms with van der Waals surface area (Å²) in [4.78, 5) is 8.66. The summed E-state index contributed by atoms with van der Waals surface area (Å²) in [5.74, 6) is 0.949. The fourth-order valence-corrected chi connectivity index (χ4v) is 2.10. The Morgan fingerprint density at radius 1 is 1.13 bits per heavy atom. The van der Waals surface area contributed by atoms with Crippen molar-refractivity contribution in [3.63, 3.8) is 0 Å². The first-order valence-electron chi connectivity index (χ1n) is 5.28. The quantitative estimate of drug-likeness (QED) is 0.701. The molecule has 2 aromatic heterocycles. The summed E-state index contributed by atoms with van der Waals surface area (Å²) in [5, 5.41) is 4.22. The van der Waals surface area contributed by atoms with Crippen LogP contribution in [0.25, 0.3) is 5.82 Å². The Bertz CT molecular complexity index is 461. The Kier molecular flexibility index (Phi) is 1.98. The first kappa shape index (κ1) is 8.59. The molecule has 76 valence electrons. The summed E-state index contributed by atoms with van der Waals surface area (Å²) in [6, 6.07) is 1.91. The van der Waals surface area contributed by atoms with Gasteiger partial charge in [0.2, 0.25) is 0 Å². The van der Waals surface area contributed by atoms with E-state index in [4.69, 9.17) is 0 Å². The average Bonchev–Trinajstić information content (AvgIpc) is 2.82. The molecule has 0 fully saturated rings. The highest BCUT2D eigenvalue weighted by atomic mass is 15.3. The van der Waals surface area contributed by atoms with Crippen LogP contribution in [0.4, 0.5) is 0 Å². The van der Waals surface area contributed by atoms with Crippen LogP contribution in [0.3, 0.4) is 0 Å². The van der Waals surface area contributed by atoms with Gasteiger partial charge in [-0.25, -0.2) is 14.6 Å². The van der Waals surface area contributed by atoms with Gasteiger partial charge in [0.05, 0.1) is 0 Å². The van der Waals surface area contributed by atoms with E-state index in [1.807, 2.05) is 16.9 Å². The summed E-state index contributed by atoms with van der Waals surface area (Å²) in [5.41, 5.74) is 2.47.